The topological polar surface area (TPSA) is 3.24 Å². The van der Waals surface area contributed by atoms with Gasteiger partial charge in [-0.05, 0) is 31.4 Å². The Kier molecular flexibility index (Phi) is 3.44. The normalized spacial score (nSPS) is 17.1. The summed E-state index contributed by atoms with van der Waals surface area (Å²) < 4.78 is 0. The van der Waals surface area contributed by atoms with Crippen LogP contribution < -0.4 is 4.90 Å². The molecule has 2 rings (SSSR count). The minimum Gasteiger partial charge on any atom is -0.371 e. The van der Waals surface area contributed by atoms with E-state index in [1.807, 2.05) is 0 Å². The first-order chi connectivity index (χ1) is 7.40. The molecule has 0 saturated heterocycles. The lowest BCUT2D eigenvalue weighted by Gasteiger charge is -2.22. The van der Waals surface area contributed by atoms with E-state index in [2.05, 4.69) is 48.2 Å². The number of anilines is 1. The third-order valence-corrected chi connectivity index (χ3v) is 3.11. The molecule has 80 valence electrons. The lowest BCUT2D eigenvalue weighted by Crippen LogP contribution is -2.24. The standard InChI is InChI=1S/C14H19N/c1-2-13-7-6-11-15(12-10-13)14-8-4-3-5-9-14/h3-5,7-9H,2,6,10-12H2,1H3. The molecule has 1 aliphatic rings. The van der Waals surface area contributed by atoms with Crippen LogP contribution in [0.4, 0.5) is 5.69 Å². The summed E-state index contributed by atoms with van der Waals surface area (Å²) in [5, 5.41) is 0. The fraction of sp³-hybridized carbons (Fsp3) is 0.429. The van der Waals surface area contributed by atoms with Gasteiger partial charge < -0.3 is 4.90 Å². The quantitative estimate of drug-likeness (QED) is 0.660. The molecule has 1 aromatic carbocycles. The van der Waals surface area contributed by atoms with Crippen molar-refractivity contribution in [2.45, 2.75) is 26.2 Å². The molecule has 1 heteroatoms. The summed E-state index contributed by atoms with van der Waals surface area (Å²) in [6.45, 7) is 4.58. The van der Waals surface area contributed by atoms with Crippen LogP contribution in [-0.4, -0.2) is 13.1 Å². The fourth-order valence-corrected chi connectivity index (χ4v) is 2.14. The smallest absolute Gasteiger partial charge is 0.0366 e. The van der Waals surface area contributed by atoms with E-state index in [1.54, 1.807) is 5.57 Å². The van der Waals surface area contributed by atoms with Gasteiger partial charge in [-0.1, -0.05) is 36.8 Å². The van der Waals surface area contributed by atoms with Crippen molar-refractivity contribution in [3.8, 4) is 0 Å². The third-order valence-electron chi connectivity index (χ3n) is 3.11. The van der Waals surface area contributed by atoms with E-state index in [1.165, 1.54) is 31.5 Å². The Bertz CT molecular complexity index is 326. The van der Waals surface area contributed by atoms with Gasteiger partial charge in [-0.25, -0.2) is 0 Å². The highest BCUT2D eigenvalue weighted by Gasteiger charge is 2.09. The number of rotatable bonds is 2. The average molecular weight is 201 g/mol. The molecule has 0 N–H and O–H groups in total. The minimum atomic E-state index is 1.16. The van der Waals surface area contributed by atoms with Crippen LogP contribution in [0.1, 0.15) is 26.2 Å². The highest BCUT2D eigenvalue weighted by molar-refractivity contribution is 5.46. The summed E-state index contributed by atoms with van der Waals surface area (Å²) in [4.78, 5) is 2.49. The van der Waals surface area contributed by atoms with Crippen LogP contribution in [0.2, 0.25) is 0 Å². The third kappa shape index (κ3) is 2.62. The van der Waals surface area contributed by atoms with Gasteiger partial charge in [0.1, 0.15) is 0 Å². The molecule has 0 aliphatic carbocycles. The summed E-state index contributed by atoms with van der Waals surface area (Å²) in [6, 6.07) is 10.7. The van der Waals surface area contributed by atoms with Crippen molar-refractivity contribution in [3.63, 3.8) is 0 Å². The van der Waals surface area contributed by atoms with Gasteiger partial charge >= 0.3 is 0 Å². The van der Waals surface area contributed by atoms with Crippen molar-refractivity contribution >= 4 is 5.69 Å². The molecule has 0 spiro atoms. The van der Waals surface area contributed by atoms with Crippen LogP contribution in [-0.2, 0) is 0 Å². The largest absolute Gasteiger partial charge is 0.371 e. The summed E-state index contributed by atoms with van der Waals surface area (Å²) >= 11 is 0. The highest BCUT2D eigenvalue weighted by atomic mass is 15.1. The second kappa shape index (κ2) is 5.01. The predicted molar refractivity (Wildman–Crippen MR) is 66.3 cm³/mol. The minimum absolute atomic E-state index is 1.16. The molecule has 0 amide bonds. The Balaban J connectivity index is 2.03. The molecule has 0 fully saturated rings. The van der Waals surface area contributed by atoms with E-state index in [0.717, 1.165) is 6.54 Å². The van der Waals surface area contributed by atoms with Crippen LogP contribution in [0, 0.1) is 0 Å². The SMILES string of the molecule is CCC1=CCCN(c2ccccc2)CC1. The van der Waals surface area contributed by atoms with Crippen molar-refractivity contribution in [3.05, 3.63) is 42.0 Å². The molecular formula is C14H19N. The molecule has 0 atom stereocenters. The van der Waals surface area contributed by atoms with Crippen molar-refractivity contribution in [1.29, 1.82) is 0 Å². The summed E-state index contributed by atoms with van der Waals surface area (Å²) in [6.07, 6.45) is 6.05. The molecule has 1 aromatic rings. The van der Waals surface area contributed by atoms with Gasteiger partial charge in [0.05, 0.1) is 0 Å². The number of nitrogens with zero attached hydrogens (tertiary/aromatic N) is 1. The van der Waals surface area contributed by atoms with E-state index in [4.69, 9.17) is 0 Å². The first-order valence-electron chi connectivity index (χ1n) is 5.88. The second-order valence-corrected chi connectivity index (χ2v) is 4.08. The Morgan fingerprint density at radius 1 is 1.13 bits per heavy atom. The number of hydrogen-bond donors (Lipinski definition) is 0. The van der Waals surface area contributed by atoms with Crippen LogP contribution in [0.25, 0.3) is 0 Å². The van der Waals surface area contributed by atoms with E-state index >= 15 is 0 Å². The predicted octanol–water partition coefficient (Wildman–Crippen LogP) is 3.62. The molecule has 0 radical (unpaired) electrons. The summed E-state index contributed by atoms with van der Waals surface area (Å²) in [5.41, 5.74) is 2.98. The van der Waals surface area contributed by atoms with Gasteiger partial charge in [0.25, 0.3) is 0 Å². The molecule has 0 bridgehead atoms. The van der Waals surface area contributed by atoms with E-state index < -0.39 is 0 Å². The maximum atomic E-state index is 2.49. The van der Waals surface area contributed by atoms with Crippen molar-refractivity contribution in [2.24, 2.45) is 0 Å². The Hall–Kier alpha value is -1.24. The van der Waals surface area contributed by atoms with Gasteiger partial charge in [-0.3, -0.25) is 0 Å². The molecular weight excluding hydrogens is 182 g/mol. The van der Waals surface area contributed by atoms with Gasteiger partial charge in [-0.2, -0.15) is 0 Å². The summed E-state index contributed by atoms with van der Waals surface area (Å²) in [5.74, 6) is 0. The highest BCUT2D eigenvalue weighted by Crippen LogP contribution is 2.19. The lowest BCUT2D eigenvalue weighted by atomic mass is 10.1. The van der Waals surface area contributed by atoms with Crippen LogP contribution in [0.3, 0.4) is 0 Å². The molecule has 0 saturated carbocycles. The zero-order valence-corrected chi connectivity index (χ0v) is 9.45. The first kappa shape index (κ1) is 10.3. The van der Waals surface area contributed by atoms with Gasteiger partial charge in [0, 0.05) is 18.8 Å². The Labute approximate surface area is 92.4 Å². The maximum Gasteiger partial charge on any atom is 0.0366 e. The van der Waals surface area contributed by atoms with Gasteiger partial charge in [-0.15, -0.1) is 0 Å². The lowest BCUT2D eigenvalue weighted by molar-refractivity contribution is 0.796. The van der Waals surface area contributed by atoms with Crippen LogP contribution in [0.5, 0.6) is 0 Å². The fourth-order valence-electron chi connectivity index (χ4n) is 2.14. The molecule has 15 heavy (non-hydrogen) atoms. The number of benzene rings is 1. The van der Waals surface area contributed by atoms with E-state index in [0.29, 0.717) is 0 Å². The maximum absolute atomic E-state index is 2.49. The van der Waals surface area contributed by atoms with Gasteiger partial charge in [0.15, 0.2) is 0 Å². The van der Waals surface area contributed by atoms with Crippen LogP contribution in [0.15, 0.2) is 42.0 Å². The van der Waals surface area contributed by atoms with E-state index in [9.17, 15) is 0 Å². The van der Waals surface area contributed by atoms with Crippen molar-refractivity contribution in [1.82, 2.24) is 0 Å². The van der Waals surface area contributed by atoms with Crippen molar-refractivity contribution < 1.29 is 0 Å². The molecule has 0 unspecified atom stereocenters. The monoisotopic (exact) mass is 201 g/mol. The van der Waals surface area contributed by atoms with Crippen LogP contribution >= 0.6 is 0 Å². The zero-order chi connectivity index (χ0) is 10.5. The first-order valence-corrected chi connectivity index (χ1v) is 5.88. The van der Waals surface area contributed by atoms with Gasteiger partial charge in [0.2, 0.25) is 0 Å². The van der Waals surface area contributed by atoms with E-state index in [-0.39, 0.29) is 0 Å². The number of hydrogen-bond acceptors (Lipinski definition) is 1. The Morgan fingerprint density at radius 3 is 2.67 bits per heavy atom. The molecule has 0 aromatic heterocycles. The molecule has 1 heterocycles. The summed E-state index contributed by atoms with van der Waals surface area (Å²) in [7, 11) is 0. The second-order valence-electron chi connectivity index (χ2n) is 4.08. The van der Waals surface area contributed by atoms with Crippen molar-refractivity contribution in [2.75, 3.05) is 18.0 Å². The molecule has 1 aliphatic heterocycles. The Morgan fingerprint density at radius 2 is 1.93 bits per heavy atom. The molecule has 1 nitrogen and oxygen atoms in total. The zero-order valence-electron chi connectivity index (χ0n) is 9.45. The average Bonchev–Trinajstić information content (AvgIpc) is 2.55. The number of para-hydroxylation sites is 1.